The molecule has 10 heteroatoms. The van der Waals surface area contributed by atoms with E-state index in [1.807, 2.05) is 24.3 Å². The normalized spacial score (nSPS) is 16.1. The lowest BCUT2D eigenvalue weighted by atomic mass is 10.0. The van der Waals surface area contributed by atoms with Gasteiger partial charge in [-0.15, -0.1) is 11.8 Å². The second-order valence-corrected chi connectivity index (χ2v) is 9.39. The van der Waals surface area contributed by atoms with Gasteiger partial charge in [-0.3, -0.25) is 0 Å². The number of H-pyrrole nitrogens is 1. The second-order valence-electron chi connectivity index (χ2n) is 8.21. The zero-order valence-corrected chi connectivity index (χ0v) is 18.2. The van der Waals surface area contributed by atoms with Gasteiger partial charge in [-0.1, -0.05) is 12.1 Å². The van der Waals surface area contributed by atoms with Gasteiger partial charge in [0.05, 0.1) is 17.0 Å². The van der Waals surface area contributed by atoms with E-state index in [0.29, 0.717) is 24.1 Å². The van der Waals surface area contributed by atoms with E-state index in [1.165, 1.54) is 37.0 Å². The maximum Gasteiger partial charge on any atom is 0.416 e. The van der Waals surface area contributed by atoms with E-state index in [0.717, 1.165) is 15.8 Å². The Labute approximate surface area is 190 Å². The van der Waals surface area contributed by atoms with Crippen molar-refractivity contribution in [3.05, 3.63) is 77.2 Å². The molecule has 0 aliphatic heterocycles. The molecule has 0 bridgehead atoms. The maximum absolute atomic E-state index is 13.5. The molecule has 0 amide bonds. The average Bonchev–Trinajstić information content (AvgIpc) is 3.19. The Morgan fingerprint density at radius 2 is 2.00 bits per heavy atom. The van der Waals surface area contributed by atoms with Crippen LogP contribution < -0.4 is 0 Å². The first-order valence-corrected chi connectivity index (χ1v) is 11.1. The number of carboxylic acid groups (broad SMARTS) is 1. The van der Waals surface area contributed by atoms with Gasteiger partial charge in [0.2, 0.25) is 0 Å². The van der Waals surface area contributed by atoms with Crippen LogP contribution in [0.3, 0.4) is 0 Å². The topological polar surface area (TPSA) is 83.8 Å². The molecule has 33 heavy (non-hydrogen) atoms. The van der Waals surface area contributed by atoms with Gasteiger partial charge in [0, 0.05) is 22.0 Å². The number of nitrogens with zero attached hydrogens (tertiary/aromatic N) is 3. The maximum atomic E-state index is 13.5. The van der Waals surface area contributed by atoms with E-state index >= 15 is 0 Å². The molecular weight excluding hydrogens is 453 g/mol. The van der Waals surface area contributed by atoms with Gasteiger partial charge in [-0.05, 0) is 61.2 Å². The van der Waals surface area contributed by atoms with E-state index in [9.17, 15) is 23.1 Å². The Morgan fingerprint density at radius 3 is 2.64 bits per heavy atom. The first-order valence-electron chi connectivity index (χ1n) is 10.2. The summed E-state index contributed by atoms with van der Waals surface area (Å²) < 4.78 is 42.3. The minimum atomic E-state index is -4.45. The third-order valence-electron chi connectivity index (χ3n) is 6.07. The number of halogens is 3. The van der Waals surface area contributed by atoms with Crippen LogP contribution in [-0.2, 0) is 16.5 Å². The molecular formula is C23H19F3N4O2S. The summed E-state index contributed by atoms with van der Waals surface area (Å²) in [5.41, 5.74) is 0.391. The summed E-state index contributed by atoms with van der Waals surface area (Å²) in [6.07, 6.45) is 0.00984. The summed E-state index contributed by atoms with van der Waals surface area (Å²) in [5, 5.41) is 20.5. The molecule has 1 saturated carbocycles. The number of carboxylic acids is 1. The number of thioether (sulfide) groups is 1. The number of carbonyl (C=O) groups is 1. The highest BCUT2D eigenvalue weighted by molar-refractivity contribution is 7.99. The number of rotatable bonds is 6. The Hall–Kier alpha value is -3.27. The lowest BCUT2D eigenvalue weighted by Gasteiger charge is -2.18. The molecule has 5 rings (SSSR count). The molecule has 6 nitrogen and oxygen atoms in total. The molecule has 0 radical (unpaired) electrons. The average molecular weight is 472 g/mol. The van der Waals surface area contributed by atoms with Gasteiger partial charge in [0.1, 0.15) is 11.2 Å². The highest BCUT2D eigenvalue weighted by Crippen LogP contribution is 2.47. The minimum absolute atomic E-state index is 0.158. The van der Waals surface area contributed by atoms with Crippen molar-refractivity contribution in [2.75, 3.05) is 0 Å². The van der Waals surface area contributed by atoms with Crippen LogP contribution in [0.15, 0.2) is 59.8 Å². The number of aryl methyl sites for hydroxylation is 1. The first kappa shape index (κ1) is 21.6. The van der Waals surface area contributed by atoms with Crippen LogP contribution in [0.1, 0.15) is 40.5 Å². The van der Waals surface area contributed by atoms with Crippen molar-refractivity contribution in [1.29, 1.82) is 0 Å². The smallest absolute Gasteiger partial charge is 0.416 e. The van der Waals surface area contributed by atoms with Crippen LogP contribution in [0.4, 0.5) is 13.2 Å². The number of aromatic amines is 1. The highest BCUT2D eigenvalue weighted by Gasteiger charge is 2.52. The SMILES string of the molecule is Cc1ccc(C(Sc2ccc3c(ccn3C3(C(=O)O)CC3)c2)c2cn[nH]n2)cc1C(F)(F)F. The molecule has 2 aromatic heterocycles. The van der Waals surface area contributed by atoms with E-state index in [-0.39, 0.29) is 5.56 Å². The van der Waals surface area contributed by atoms with Crippen molar-refractivity contribution in [2.45, 2.75) is 41.6 Å². The monoisotopic (exact) mass is 472 g/mol. The highest BCUT2D eigenvalue weighted by atomic mass is 32.2. The molecule has 0 spiro atoms. The molecule has 1 fully saturated rings. The second kappa shape index (κ2) is 7.65. The largest absolute Gasteiger partial charge is 0.479 e. The lowest BCUT2D eigenvalue weighted by Crippen LogP contribution is -2.26. The van der Waals surface area contributed by atoms with Crippen LogP contribution in [0.25, 0.3) is 10.9 Å². The van der Waals surface area contributed by atoms with Gasteiger partial charge in [-0.25, -0.2) is 4.79 Å². The van der Waals surface area contributed by atoms with Crippen molar-refractivity contribution in [2.24, 2.45) is 0 Å². The molecule has 1 atom stereocenters. The van der Waals surface area contributed by atoms with Crippen LogP contribution in [-0.4, -0.2) is 31.1 Å². The summed E-state index contributed by atoms with van der Waals surface area (Å²) in [5.74, 6) is -0.843. The summed E-state index contributed by atoms with van der Waals surface area (Å²) in [6.45, 7) is 1.44. The number of hydrogen-bond acceptors (Lipinski definition) is 4. The van der Waals surface area contributed by atoms with Crippen LogP contribution in [0.5, 0.6) is 0 Å². The Kier molecular flexibility index (Phi) is 5.00. The molecule has 2 heterocycles. The molecule has 1 unspecified atom stereocenters. The zero-order chi connectivity index (χ0) is 23.4. The number of fused-ring (bicyclic) bond motifs is 1. The van der Waals surface area contributed by atoms with Crippen LogP contribution >= 0.6 is 11.8 Å². The summed E-state index contributed by atoms with van der Waals surface area (Å²) in [4.78, 5) is 12.5. The first-order chi connectivity index (χ1) is 15.7. The molecule has 1 aliphatic carbocycles. The molecule has 2 aromatic carbocycles. The third kappa shape index (κ3) is 3.78. The summed E-state index contributed by atoms with van der Waals surface area (Å²) in [6, 6.07) is 11.8. The number of nitrogens with one attached hydrogen (secondary N) is 1. The quantitative estimate of drug-likeness (QED) is 0.360. The Morgan fingerprint density at radius 1 is 1.21 bits per heavy atom. The van der Waals surface area contributed by atoms with Gasteiger partial charge in [0.15, 0.2) is 0 Å². The number of alkyl halides is 3. The molecule has 2 N–H and O–H groups in total. The van der Waals surface area contributed by atoms with Gasteiger partial charge >= 0.3 is 12.1 Å². The standard InChI is InChI=1S/C23H19F3N4O2S/c1-13-2-3-15(11-17(13)23(24,25)26)20(18-12-27-29-28-18)33-16-4-5-19-14(10-16)6-9-30(19)22(7-8-22)21(31)32/h2-6,9-12,20H,7-8H2,1H3,(H,31,32)(H,27,28,29). The predicted molar refractivity (Wildman–Crippen MR) is 117 cm³/mol. The zero-order valence-electron chi connectivity index (χ0n) is 17.4. The third-order valence-corrected chi connectivity index (χ3v) is 7.35. The predicted octanol–water partition coefficient (Wildman–Crippen LogP) is 5.54. The van der Waals surface area contributed by atoms with Crippen molar-refractivity contribution >= 4 is 28.6 Å². The minimum Gasteiger partial charge on any atom is -0.479 e. The van der Waals surface area contributed by atoms with E-state index < -0.39 is 28.5 Å². The van der Waals surface area contributed by atoms with Gasteiger partial charge < -0.3 is 9.67 Å². The summed E-state index contributed by atoms with van der Waals surface area (Å²) in [7, 11) is 0. The molecule has 1 aliphatic rings. The van der Waals surface area contributed by atoms with Crippen LogP contribution in [0, 0.1) is 6.92 Å². The fraction of sp³-hybridized carbons (Fsp3) is 0.261. The van der Waals surface area contributed by atoms with Crippen molar-refractivity contribution in [3.63, 3.8) is 0 Å². The number of benzene rings is 2. The number of hydrogen-bond donors (Lipinski definition) is 2. The summed E-state index contributed by atoms with van der Waals surface area (Å²) >= 11 is 1.36. The van der Waals surface area contributed by atoms with Gasteiger partial charge in [0.25, 0.3) is 0 Å². The van der Waals surface area contributed by atoms with Crippen molar-refractivity contribution in [1.82, 2.24) is 20.0 Å². The lowest BCUT2D eigenvalue weighted by molar-refractivity contribution is -0.142. The van der Waals surface area contributed by atoms with Gasteiger partial charge in [-0.2, -0.15) is 28.6 Å². The van der Waals surface area contributed by atoms with Crippen molar-refractivity contribution < 1.29 is 23.1 Å². The van der Waals surface area contributed by atoms with E-state index in [1.54, 1.807) is 16.8 Å². The van der Waals surface area contributed by atoms with E-state index in [2.05, 4.69) is 15.4 Å². The molecule has 4 aromatic rings. The number of aromatic nitrogens is 4. The fourth-order valence-corrected chi connectivity index (χ4v) is 5.25. The molecule has 0 saturated heterocycles. The van der Waals surface area contributed by atoms with Crippen LogP contribution in [0.2, 0.25) is 0 Å². The molecule has 170 valence electrons. The van der Waals surface area contributed by atoms with E-state index in [4.69, 9.17) is 0 Å². The number of aliphatic carboxylic acids is 1. The van der Waals surface area contributed by atoms with Crippen molar-refractivity contribution in [3.8, 4) is 0 Å². The Bertz CT molecular complexity index is 1340. The Balaban J connectivity index is 1.52. The fourth-order valence-electron chi connectivity index (χ4n) is 4.12.